The van der Waals surface area contributed by atoms with Gasteiger partial charge in [0.25, 0.3) is 5.91 Å². The van der Waals surface area contributed by atoms with Gasteiger partial charge in [-0.2, -0.15) is 0 Å². The zero-order valence-electron chi connectivity index (χ0n) is 11.4. The molecule has 0 aromatic heterocycles. The monoisotopic (exact) mass is 254 g/mol. The van der Waals surface area contributed by atoms with E-state index in [4.69, 9.17) is 0 Å². The minimum atomic E-state index is -0.300. The van der Waals surface area contributed by atoms with Gasteiger partial charge in [-0.3, -0.25) is 9.80 Å². The summed E-state index contributed by atoms with van der Waals surface area (Å²) >= 11 is 0. The standard InChI is InChI=1S/C16H18N2O/c1-16(2)10-17-13-6-4-3-5-12(13)9-14(11-7-8-11)18(17)15(16)19/h3-6,9,11H,7-8,10H2,1-2H3. The van der Waals surface area contributed by atoms with Crippen LogP contribution in [0, 0.1) is 11.3 Å². The maximum atomic E-state index is 12.7. The van der Waals surface area contributed by atoms with Crippen molar-refractivity contribution in [1.82, 2.24) is 5.01 Å². The number of hydrogen-bond acceptors (Lipinski definition) is 2. The molecule has 1 aromatic rings. The molecule has 98 valence electrons. The van der Waals surface area contributed by atoms with E-state index in [0.717, 1.165) is 12.2 Å². The fourth-order valence-corrected chi connectivity index (χ4v) is 3.09. The second-order valence-electron chi connectivity index (χ2n) is 6.46. The van der Waals surface area contributed by atoms with Gasteiger partial charge < -0.3 is 0 Å². The maximum Gasteiger partial charge on any atom is 0.253 e. The molecule has 2 heterocycles. The minimum absolute atomic E-state index is 0.236. The number of anilines is 1. The highest BCUT2D eigenvalue weighted by Gasteiger charge is 2.50. The molecule has 2 fully saturated rings. The van der Waals surface area contributed by atoms with E-state index in [0.29, 0.717) is 5.92 Å². The van der Waals surface area contributed by atoms with E-state index in [1.54, 1.807) is 0 Å². The number of rotatable bonds is 1. The number of benzene rings is 1. The first-order valence-electron chi connectivity index (χ1n) is 7.00. The Morgan fingerprint density at radius 2 is 1.95 bits per heavy atom. The Kier molecular flexibility index (Phi) is 1.99. The lowest BCUT2D eigenvalue weighted by atomic mass is 9.94. The van der Waals surface area contributed by atoms with E-state index >= 15 is 0 Å². The molecule has 3 aliphatic rings. The summed E-state index contributed by atoms with van der Waals surface area (Å²) in [6.45, 7) is 4.86. The van der Waals surface area contributed by atoms with Crippen LogP contribution < -0.4 is 5.01 Å². The molecule has 0 atom stereocenters. The first kappa shape index (κ1) is 11.1. The van der Waals surface area contributed by atoms with E-state index in [1.807, 2.05) is 24.9 Å². The highest BCUT2D eigenvalue weighted by Crippen LogP contribution is 2.48. The van der Waals surface area contributed by atoms with Crippen LogP contribution in [0.2, 0.25) is 0 Å². The zero-order valence-corrected chi connectivity index (χ0v) is 11.4. The van der Waals surface area contributed by atoms with E-state index in [9.17, 15) is 4.79 Å². The van der Waals surface area contributed by atoms with Gasteiger partial charge in [0.15, 0.2) is 0 Å². The lowest BCUT2D eigenvalue weighted by molar-refractivity contribution is -0.133. The van der Waals surface area contributed by atoms with Crippen LogP contribution in [0.4, 0.5) is 5.69 Å². The van der Waals surface area contributed by atoms with Gasteiger partial charge in [0, 0.05) is 17.2 Å². The Bertz CT molecular complexity index is 599. The Morgan fingerprint density at radius 1 is 1.21 bits per heavy atom. The van der Waals surface area contributed by atoms with E-state index in [2.05, 4.69) is 29.3 Å². The van der Waals surface area contributed by atoms with Gasteiger partial charge in [-0.15, -0.1) is 0 Å². The fourth-order valence-electron chi connectivity index (χ4n) is 3.09. The number of fused-ring (bicyclic) bond motifs is 3. The molecule has 0 N–H and O–H groups in total. The van der Waals surface area contributed by atoms with Crippen molar-refractivity contribution in [2.45, 2.75) is 26.7 Å². The molecule has 1 aliphatic carbocycles. The molecule has 1 amide bonds. The number of nitrogens with zero attached hydrogens (tertiary/aromatic N) is 2. The van der Waals surface area contributed by atoms with Gasteiger partial charge in [0.2, 0.25) is 0 Å². The van der Waals surface area contributed by atoms with Gasteiger partial charge in [-0.05, 0) is 38.8 Å². The number of hydrazine groups is 1. The van der Waals surface area contributed by atoms with Gasteiger partial charge in [-0.25, -0.2) is 5.01 Å². The number of amides is 1. The quantitative estimate of drug-likeness (QED) is 0.769. The molecule has 3 heteroatoms. The average molecular weight is 254 g/mol. The Morgan fingerprint density at radius 3 is 2.68 bits per heavy atom. The lowest BCUT2D eigenvalue weighted by Gasteiger charge is -2.36. The van der Waals surface area contributed by atoms with Crippen LogP contribution in [0.5, 0.6) is 0 Å². The molecule has 4 rings (SSSR count). The molecule has 0 bridgehead atoms. The van der Waals surface area contributed by atoms with Crippen molar-refractivity contribution in [3.63, 3.8) is 0 Å². The molecule has 2 aliphatic heterocycles. The Balaban J connectivity index is 1.90. The molecular weight excluding hydrogens is 236 g/mol. The predicted molar refractivity (Wildman–Crippen MR) is 75.1 cm³/mol. The highest BCUT2D eigenvalue weighted by molar-refractivity contribution is 5.92. The minimum Gasteiger partial charge on any atom is -0.277 e. The summed E-state index contributed by atoms with van der Waals surface area (Å²) in [6, 6.07) is 8.36. The fraction of sp³-hybridized carbons (Fsp3) is 0.438. The SMILES string of the molecule is CC1(C)CN2c3ccccc3C=C(C3CC3)N2C1=O. The first-order chi connectivity index (χ1) is 9.08. The molecule has 0 radical (unpaired) electrons. The Hall–Kier alpha value is -1.77. The van der Waals surface area contributed by atoms with Crippen molar-refractivity contribution in [3.05, 3.63) is 35.5 Å². The molecule has 1 saturated heterocycles. The van der Waals surface area contributed by atoms with Crippen LogP contribution in [-0.4, -0.2) is 17.5 Å². The van der Waals surface area contributed by atoms with Gasteiger partial charge in [-0.1, -0.05) is 18.2 Å². The topological polar surface area (TPSA) is 23.6 Å². The van der Waals surface area contributed by atoms with Crippen molar-refractivity contribution in [1.29, 1.82) is 0 Å². The molecule has 3 nitrogen and oxygen atoms in total. The van der Waals surface area contributed by atoms with E-state index < -0.39 is 0 Å². The van der Waals surface area contributed by atoms with Crippen LogP contribution in [0.3, 0.4) is 0 Å². The largest absolute Gasteiger partial charge is 0.277 e. The number of carbonyl (C=O) groups excluding carboxylic acids is 1. The first-order valence-corrected chi connectivity index (χ1v) is 7.00. The molecule has 0 unspecified atom stereocenters. The van der Waals surface area contributed by atoms with Crippen molar-refractivity contribution in [2.75, 3.05) is 11.6 Å². The van der Waals surface area contributed by atoms with Gasteiger partial charge in [0.05, 0.1) is 17.6 Å². The van der Waals surface area contributed by atoms with Crippen LogP contribution in [0.1, 0.15) is 32.3 Å². The van der Waals surface area contributed by atoms with Gasteiger partial charge >= 0.3 is 0 Å². The lowest BCUT2D eigenvalue weighted by Crippen LogP contribution is -2.41. The number of para-hydroxylation sites is 1. The normalized spacial score (nSPS) is 24.1. The summed E-state index contributed by atoms with van der Waals surface area (Å²) in [7, 11) is 0. The van der Waals surface area contributed by atoms with Crippen molar-refractivity contribution in [3.8, 4) is 0 Å². The second kappa shape index (κ2) is 3.41. The third-order valence-corrected chi connectivity index (χ3v) is 4.32. The zero-order chi connectivity index (χ0) is 13.2. The number of hydrogen-bond donors (Lipinski definition) is 0. The summed E-state index contributed by atoms with van der Waals surface area (Å²) in [5.74, 6) is 0.814. The van der Waals surface area contributed by atoms with E-state index in [-0.39, 0.29) is 11.3 Å². The summed E-state index contributed by atoms with van der Waals surface area (Å²) < 4.78 is 0. The van der Waals surface area contributed by atoms with Crippen LogP contribution in [0.15, 0.2) is 30.0 Å². The average Bonchev–Trinajstić information content (AvgIpc) is 3.18. The number of allylic oxidation sites excluding steroid dienone is 1. The summed E-state index contributed by atoms with van der Waals surface area (Å²) in [5, 5.41) is 4.12. The van der Waals surface area contributed by atoms with Crippen molar-refractivity contribution < 1.29 is 4.79 Å². The summed E-state index contributed by atoms with van der Waals surface area (Å²) in [5.41, 5.74) is 3.30. The Labute approximate surface area is 113 Å². The molecular formula is C16H18N2O. The summed E-state index contributed by atoms with van der Waals surface area (Å²) in [6.07, 6.45) is 4.64. The molecule has 0 spiro atoms. The van der Waals surface area contributed by atoms with Crippen molar-refractivity contribution >= 4 is 17.7 Å². The smallest absolute Gasteiger partial charge is 0.253 e. The van der Waals surface area contributed by atoms with Crippen LogP contribution in [0.25, 0.3) is 6.08 Å². The third kappa shape index (κ3) is 1.47. The van der Waals surface area contributed by atoms with Gasteiger partial charge in [0.1, 0.15) is 0 Å². The van der Waals surface area contributed by atoms with Crippen molar-refractivity contribution in [2.24, 2.45) is 11.3 Å². The highest BCUT2D eigenvalue weighted by atomic mass is 16.2. The molecule has 1 aromatic carbocycles. The predicted octanol–water partition coefficient (Wildman–Crippen LogP) is 3.04. The third-order valence-electron chi connectivity index (χ3n) is 4.32. The van der Waals surface area contributed by atoms with E-state index in [1.165, 1.54) is 24.1 Å². The number of carbonyl (C=O) groups is 1. The molecule has 1 saturated carbocycles. The maximum absolute atomic E-state index is 12.7. The summed E-state index contributed by atoms with van der Waals surface area (Å²) in [4.78, 5) is 12.7. The molecule has 19 heavy (non-hydrogen) atoms. The van der Waals surface area contributed by atoms with Crippen LogP contribution in [-0.2, 0) is 4.79 Å². The second-order valence-corrected chi connectivity index (χ2v) is 6.46. The van der Waals surface area contributed by atoms with Crippen LogP contribution >= 0.6 is 0 Å².